The third-order valence-electron chi connectivity index (χ3n) is 5.46. The first-order valence-electron chi connectivity index (χ1n) is 10.4. The van der Waals surface area contributed by atoms with Crippen LogP contribution in [0.4, 0.5) is 5.00 Å². The van der Waals surface area contributed by atoms with Crippen LogP contribution >= 0.6 is 11.3 Å². The van der Waals surface area contributed by atoms with Crippen molar-refractivity contribution in [2.75, 3.05) is 19.0 Å². The summed E-state index contributed by atoms with van der Waals surface area (Å²) in [6, 6.07) is 5.98. The maximum Gasteiger partial charge on any atom is 0.341 e. The Balaban J connectivity index is 1.77. The summed E-state index contributed by atoms with van der Waals surface area (Å²) < 4.78 is 10.9. The molecule has 0 saturated heterocycles. The summed E-state index contributed by atoms with van der Waals surface area (Å²) in [4.78, 5) is 26.2. The highest BCUT2D eigenvalue weighted by Gasteiger charge is 2.29. The minimum Gasteiger partial charge on any atom is -0.483 e. The molecule has 1 atom stereocenters. The standard InChI is InChI=1S/C24H31NO4S/c1-14-8-10-18(17(11-14)24(3,4)5)29-13-20(26)25-22-21(23(27)28-6)16-9-7-15(2)12-19(16)30-22/h8,10-11,15H,7,9,12-13H2,1-6H3,(H,25,26). The molecule has 30 heavy (non-hydrogen) atoms. The van der Waals surface area contributed by atoms with Crippen LogP contribution in [0, 0.1) is 12.8 Å². The number of anilines is 1. The monoisotopic (exact) mass is 429 g/mol. The molecule has 162 valence electrons. The molecule has 0 fully saturated rings. The van der Waals surface area contributed by atoms with Gasteiger partial charge in [0.2, 0.25) is 0 Å². The Morgan fingerprint density at radius 2 is 2.00 bits per heavy atom. The Labute approximate surface area is 182 Å². The first-order chi connectivity index (χ1) is 14.1. The third-order valence-corrected chi connectivity index (χ3v) is 6.63. The van der Waals surface area contributed by atoms with Gasteiger partial charge in [-0.3, -0.25) is 4.79 Å². The number of fused-ring (bicyclic) bond motifs is 1. The number of aryl methyl sites for hydroxylation is 1. The van der Waals surface area contributed by atoms with Crippen LogP contribution < -0.4 is 10.1 Å². The smallest absolute Gasteiger partial charge is 0.341 e. The molecular weight excluding hydrogens is 398 g/mol. The van der Waals surface area contributed by atoms with Crippen LogP contribution in [0.3, 0.4) is 0 Å². The topological polar surface area (TPSA) is 64.6 Å². The first-order valence-corrected chi connectivity index (χ1v) is 11.2. The van der Waals surface area contributed by atoms with Crippen molar-refractivity contribution in [1.82, 2.24) is 0 Å². The Bertz CT molecular complexity index is 955. The predicted octanol–water partition coefficient (Wildman–Crippen LogP) is 5.28. The van der Waals surface area contributed by atoms with Crippen molar-refractivity contribution < 1.29 is 19.1 Å². The van der Waals surface area contributed by atoms with E-state index in [4.69, 9.17) is 9.47 Å². The number of hydrogen-bond acceptors (Lipinski definition) is 5. The number of methoxy groups -OCH3 is 1. The molecule has 1 aliphatic carbocycles. The Morgan fingerprint density at radius 3 is 2.67 bits per heavy atom. The Kier molecular flexibility index (Phi) is 6.56. The van der Waals surface area contributed by atoms with E-state index in [1.165, 1.54) is 23.3 Å². The van der Waals surface area contributed by atoms with Crippen molar-refractivity contribution in [3.8, 4) is 5.75 Å². The maximum absolute atomic E-state index is 12.7. The average Bonchev–Trinajstić information content (AvgIpc) is 3.02. The van der Waals surface area contributed by atoms with Crippen molar-refractivity contribution >= 4 is 28.2 Å². The fourth-order valence-electron chi connectivity index (χ4n) is 3.82. The van der Waals surface area contributed by atoms with Gasteiger partial charge in [0.15, 0.2) is 6.61 Å². The van der Waals surface area contributed by atoms with Gasteiger partial charge >= 0.3 is 5.97 Å². The number of ether oxygens (including phenoxy) is 2. The molecule has 1 N–H and O–H groups in total. The van der Waals surface area contributed by atoms with Crippen LogP contribution in [-0.2, 0) is 27.8 Å². The minimum atomic E-state index is -0.396. The van der Waals surface area contributed by atoms with Gasteiger partial charge in [0, 0.05) is 4.88 Å². The van der Waals surface area contributed by atoms with E-state index in [0.29, 0.717) is 22.2 Å². The lowest BCUT2D eigenvalue weighted by atomic mass is 9.85. The molecule has 0 aliphatic heterocycles. The van der Waals surface area contributed by atoms with E-state index in [1.807, 2.05) is 19.1 Å². The number of thiophene rings is 1. The molecule has 3 rings (SSSR count). The van der Waals surface area contributed by atoms with E-state index in [9.17, 15) is 9.59 Å². The molecule has 5 nitrogen and oxygen atoms in total. The molecule has 1 aliphatic rings. The fraction of sp³-hybridized carbons (Fsp3) is 0.500. The van der Waals surface area contributed by atoms with Gasteiger partial charge in [0.1, 0.15) is 10.8 Å². The van der Waals surface area contributed by atoms with Crippen molar-refractivity contribution in [3.05, 3.63) is 45.3 Å². The number of rotatable bonds is 5. The second-order valence-corrected chi connectivity index (χ2v) is 10.2. The van der Waals surface area contributed by atoms with Crippen molar-refractivity contribution in [2.24, 2.45) is 5.92 Å². The summed E-state index contributed by atoms with van der Waals surface area (Å²) in [6.45, 7) is 10.5. The minimum absolute atomic E-state index is 0.0978. The maximum atomic E-state index is 12.7. The highest BCUT2D eigenvalue weighted by atomic mass is 32.1. The van der Waals surface area contributed by atoms with Crippen LogP contribution in [0.2, 0.25) is 0 Å². The molecule has 1 amide bonds. The molecule has 1 aromatic carbocycles. The van der Waals surface area contributed by atoms with E-state index >= 15 is 0 Å². The molecule has 1 unspecified atom stereocenters. The lowest BCUT2D eigenvalue weighted by Crippen LogP contribution is -2.22. The number of esters is 1. The molecule has 0 saturated carbocycles. The van der Waals surface area contributed by atoms with Gasteiger partial charge in [-0.1, -0.05) is 45.4 Å². The van der Waals surface area contributed by atoms with Crippen molar-refractivity contribution in [1.29, 1.82) is 0 Å². The zero-order valence-corrected chi connectivity index (χ0v) is 19.5. The SMILES string of the molecule is COC(=O)c1c(NC(=O)COc2ccc(C)cc2C(C)(C)C)sc2c1CCC(C)C2. The molecule has 0 spiro atoms. The van der Waals surface area contributed by atoms with Gasteiger partial charge in [-0.2, -0.15) is 0 Å². The summed E-state index contributed by atoms with van der Waals surface area (Å²) in [5, 5.41) is 3.46. The van der Waals surface area contributed by atoms with Crippen LogP contribution in [-0.4, -0.2) is 25.6 Å². The highest BCUT2D eigenvalue weighted by Crippen LogP contribution is 2.40. The number of amides is 1. The van der Waals surface area contributed by atoms with E-state index in [0.717, 1.165) is 36.0 Å². The zero-order chi connectivity index (χ0) is 22.1. The molecular formula is C24H31NO4S. The summed E-state index contributed by atoms with van der Waals surface area (Å²) in [5.41, 5.74) is 3.64. The largest absolute Gasteiger partial charge is 0.483 e. The Hall–Kier alpha value is -2.34. The molecule has 1 aromatic heterocycles. The number of nitrogens with one attached hydrogen (secondary N) is 1. The molecule has 2 aromatic rings. The molecule has 1 heterocycles. The zero-order valence-electron chi connectivity index (χ0n) is 18.7. The second kappa shape index (κ2) is 8.80. The number of carbonyl (C=O) groups is 2. The van der Waals surface area contributed by atoms with Crippen LogP contribution in [0.5, 0.6) is 5.75 Å². The van der Waals surface area contributed by atoms with Crippen molar-refractivity contribution in [2.45, 2.75) is 59.3 Å². The third kappa shape index (κ3) is 4.86. The normalized spacial score (nSPS) is 16.0. The van der Waals surface area contributed by atoms with Gasteiger partial charge in [-0.15, -0.1) is 11.3 Å². The fourth-order valence-corrected chi connectivity index (χ4v) is 5.23. The van der Waals surface area contributed by atoms with E-state index in [-0.39, 0.29) is 17.9 Å². The summed E-state index contributed by atoms with van der Waals surface area (Å²) >= 11 is 1.48. The van der Waals surface area contributed by atoms with Gasteiger partial charge in [0.05, 0.1) is 12.7 Å². The van der Waals surface area contributed by atoms with E-state index in [1.54, 1.807) is 0 Å². The summed E-state index contributed by atoms with van der Waals surface area (Å²) in [7, 11) is 1.37. The van der Waals surface area contributed by atoms with E-state index < -0.39 is 5.97 Å². The quantitative estimate of drug-likeness (QED) is 0.657. The summed E-state index contributed by atoms with van der Waals surface area (Å²) in [5.74, 6) is 0.598. The number of carbonyl (C=O) groups excluding carboxylic acids is 2. The number of benzene rings is 1. The predicted molar refractivity (Wildman–Crippen MR) is 121 cm³/mol. The van der Waals surface area contributed by atoms with Gasteiger partial charge in [0.25, 0.3) is 5.91 Å². The van der Waals surface area contributed by atoms with Crippen LogP contribution in [0.25, 0.3) is 0 Å². The van der Waals surface area contributed by atoms with Crippen LogP contribution in [0.15, 0.2) is 18.2 Å². The summed E-state index contributed by atoms with van der Waals surface area (Å²) in [6.07, 6.45) is 2.80. The van der Waals surface area contributed by atoms with Crippen LogP contribution in [0.1, 0.15) is 66.0 Å². The lowest BCUT2D eigenvalue weighted by molar-refractivity contribution is -0.118. The van der Waals surface area contributed by atoms with E-state index in [2.05, 4.69) is 39.1 Å². The Morgan fingerprint density at radius 1 is 1.27 bits per heavy atom. The highest BCUT2D eigenvalue weighted by molar-refractivity contribution is 7.17. The molecule has 6 heteroatoms. The van der Waals surface area contributed by atoms with Gasteiger partial charge < -0.3 is 14.8 Å². The molecule has 0 bridgehead atoms. The first kappa shape index (κ1) is 22.3. The lowest BCUT2D eigenvalue weighted by Gasteiger charge is -2.23. The number of hydrogen-bond donors (Lipinski definition) is 1. The average molecular weight is 430 g/mol. The van der Waals surface area contributed by atoms with Gasteiger partial charge in [-0.05, 0) is 54.7 Å². The molecule has 0 radical (unpaired) electrons. The van der Waals surface area contributed by atoms with Gasteiger partial charge in [-0.25, -0.2) is 4.79 Å². The second-order valence-electron chi connectivity index (χ2n) is 9.13. The van der Waals surface area contributed by atoms with Crippen molar-refractivity contribution in [3.63, 3.8) is 0 Å².